The van der Waals surface area contributed by atoms with Crippen LogP contribution >= 0.6 is 11.8 Å². The smallest absolute Gasteiger partial charge is 0.326 e. The van der Waals surface area contributed by atoms with Crippen molar-refractivity contribution in [2.45, 2.75) is 96.2 Å². The van der Waals surface area contributed by atoms with Crippen LogP contribution in [0.2, 0.25) is 0 Å². The fraction of sp³-hybridized carbons (Fsp3) is 0.742. The van der Waals surface area contributed by atoms with Crippen LogP contribution in [0.3, 0.4) is 0 Å². The first kappa shape index (κ1) is 31.4. The molecule has 4 aliphatic carbocycles. The van der Waals surface area contributed by atoms with E-state index in [2.05, 4.69) is 41.6 Å². The number of nitrogens with one attached hydrogen (secondary N) is 2. The van der Waals surface area contributed by atoms with Gasteiger partial charge in [-0.2, -0.15) is 11.8 Å². The number of fused-ring (bicyclic) bond motifs is 5. The number of terminal acetylenes is 1. The number of amides is 2. The van der Waals surface area contributed by atoms with Crippen molar-refractivity contribution in [3.05, 3.63) is 11.6 Å². The molecule has 10 heteroatoms. The second-order valence-corrected chi connectivity index (χ2v) is 13.8. The van der Waals surface area contributed by atoms with Crippen LogP contribution in [0.15, 0.2) is 16.8 Å². The molecule has 0 spiro atoms. The highest BCUT2D eigenvalue weighted by molar-refractivity contribution is 7.98. The van der Waals surface area contributed by atoms with Crippen LogP contribution in [0.1, 0.15) is 78.6 Å². The van der Waals surface area contributed by atoms with Crippen LogP contribution in [0, 0.1) is 40.9 Å². The van der Waals surface area contributed by atoms with E-state index >= 15 is 0 Å². The molecule has 0 aliphatic heterocycles. The van der Waals surface area contributed by atoms with Crippen LogP contribution in [-0.2, 0) is 19.2 Å². The van der Waals surface area contributed by atoms with Crippen molar-refractivity contribution in [3.63, 3.8) is 0 Å². The number of carboxylic acid groups (broad SMARTS) is 1. The molecule has 4 aliphatic rings. The third-order valence-electron chi connectivity index (χ3n) is 10.7. The summed E-state index contributed by atoms with van der Waals surface area (Å²) < 4.78 is 0. The van der Waals surface area contributed by atoms with E-state index < -0.39 is 35.5 Å². The molecular formula is C31H45N3O6S. The number of allylic oxidation sites excluding steroid dienone is 2. The molecule has 3 fully saturated rings. The lowest BCUT2D eigenvalue weighted by atomic mass is 9.46. The summed E-state index contributed by atoms with van der Waals surface area (Å²) in [5, 5.41) is 29.8. The Labute approximate surface area is 247 Å². The van der Waals surface area contributed by atoms with Crippen LogP contribution in [-0.4, -0.2) is 70.0 Å². The van der Waals surface area contributed by atoms with Gasteiger partial charge in [-0.15, -0.1) is 6.42 Å². The third-order valence-corrected chi connectivity index (χ3v) is 11.4. The van der Waals surface area contributed by atoms with Crippen molar-refractivity contribution in [2.75, 3.05) is 18.6 Å². The lowest BCUT2D eigenvalue weighted by Crippen LogP contribution is -2.54. The quantitative estimate of drug-likeness (QED) is 0.227. The largest absolute Gasteiger partial charge is 0.480 e. The molecule has 0 aromatic rings. The Hall–Kier alpha value is -2.51. The van der Waals surface area contributed by atoms with Crippen molar-refractivity contribution < 1.29 is 29.4 Å². The molecule has 0 bridgehead atoms. The highest BCUT2D eigenvalue weighted by Gasteiger charge is 2.63. The van der Waals surface area contributed by atoms with Gasteiger partial charge in [0.25, 0.3) is 5.91 Å². The molecule has 8 atom stereocenters. The van der Waals surface area contributed by atoms with Gasteiger partial charge in [0.1, 0.15) is 17.7 Å². The van der Waals surface area contributed by atoms with E-state index in [1.54, 1.807) is 0 Å². The number of aliphatic hydroxyl groups is 1. The van der Waals surface area contributed by atoms with Crippen molar-refractivity contribution in [1.29, 1.82) is 0 Å². The summed E-state index contributed by atoms with van der Waals surface area (Å²) in [6.07, 6.45) is 17.6. The molecule has 0 aromatic heterocycles. The minimum Gasteiger partial charge on any atom is -0.480 e. The summed E-state index contributed by atoms with van der Waals surface area (Å²) in [4.78, 5) is 41.5. The van der Waals surface area contributed by atoms with Gasteiger partial charge in [0.15, 0.2) is 6.61 Å². The van der Waals surface area contributed by atoms with Crippen molar-refractivity contribution in [3.8, 4) is 12.3 Å². The van der Waals surface area contributed by atoms with Crippen LogP contribution in [0.4, 0.5) is 0 Å². The van der Waals surface area contributed by atoms with E-state index in [-0.39, 0.29) is 17.4 Å². The topological polar surface area (TPSA) is 137 Å². The minimum atomic E-state index is -1.10. The van der Waals surface area contributed by atoms with E-state index in [0.717, 1.165) is 50.7 Å². The van der Waals surface area contributed by atoms with Crippen molar-refractivity contribution in [2.24, 2.45) is 33.7 Å². The third kappa shape index (κ3) is 6.03. The molecule has 4 rings (SSSR count). The number of carbonyl (C=O) groups excluding carboxylic acids is 2. The first-order valence-electron chi connectivity index (χ1n) is 14.8. The monoisotopic (exact) mass is 587 g/mol. The normalized spacial score (nSPS) is 36.4. The van der Waals surface area contributed by atoms with Crippen LogP contribution < -0.4 is 10.6 Å². The molecule has 2 amide bonds. The highest BCUT2D eigenvalue weighted by atomic mass is 32.2. The molecule has 0 unspecified atom stereocenters. The second-order valence-electron chi connectivity index (χ2n) is 12.8. The number of aliphatic carboxylic acids is 1. The summed E-state index contributed by atoms with van der Waals surface area (Å²) >= 11 is 1.50. The second kappa shape index (κ2) is 12.4. The maximum Gasteiger partial charge on any atom is 0.326 e. The first-order valence-corrected chi connectivity index (χ1v) is 16.2. The maximum absolute atomic E-state index is 12.4. The molecular weight excluding hydrogens is 542 g/mol. The summed E-state index contributed by atoms with van der Waals surface area (Å²) in [5.74, 6) is 2.75. The lowest BCUT2D eigenvalue weighted by molar-refractivity contribution is -0.142. The van der Waals surface area contributed by atoms with Gasteiger partial charge in [-0.05, 0) is 106 Å². The van der Waals surface area contributed by atoms with Gasteiger partial charge in [0.2, 0.25) is 5.91 Å². The zero-order valence-electron chi connectivity index (χ0n) is 24.7. The Morgan fingerprint density at radius 3 is 2.59 bits per heavy atom. The molecule has 0 heterocycles. The van der Waals surface area contributed by atoms with Gasteiger partial charge < -0.3 is 25.7 Å². The number of hydrogen-bond acceptors (Lipinski definition) is 7. The van der Waals surface area contributed by atoms with Crippen LogP contribution in [0.25, 0.3) is 0 Å². The Morgan fingerprint density at radius 2 is 1.90 bits per heavy atom. The van der Waals surface area contributed by atoms with Crippen molar-refractivity contribution in [1.82, 2.24) is 10.6 Å². The minimum absolute atomic E-state index is 0.0872. The fourth-order valence-electron chi connectivity index (χ4n) is 8.21. The van der Waals surface area contributed by atoms with Gasteiger partial charge in [0.05, 0.1) is 5.71 Å². The standard InChI is InChI=1S/C31H45N3O6S/c1-6-31(39)15-11-24-22-8-7-20-17-21(9-13-29(20,3)23(22)10-14-30(24,31)4)34-40-18-26(35)32-19(2)27(36)33-25(28(37)38)12-16-41-5/h1,17,19,22-25,39H,7-16,18H2,2-5H3,(H,32,35)(H,33,36)(H,37,38)/b34-21-/t19-,22+,23+,24+,25-,29-,30-,31-/m0/s1. The molecule has 3 saturated carbocycles. The maximum atomic E-state index is 12.4. The lowest BCUT2D eigenvalue weighted by Gasteiger charge is -2.58. The average Bonchev–Trinajstić information content (AvgIpc) is 3.21. The molecule has 0 radical (unpaired) electrons. The molecule has 4 N–H and O–H groups in total. The van der Waals surface area contributed by atoms with E-state index in [1.807, 2.05) is 6.26 Å². The van der Waals surface area contributed by atoms with Crippen molar-refractivity contribution >= 4 is 35.3 Å². The predicted octanol–water partition coefficient (Wildman–Crippen LogP) is 3.51. The zero-order chi connectivity index (χ0) is 30.0. The fourth-order valence-corrected chi connectivity index (χ4v) is 8.68. The summed E-state index contributed by atoms with van der Waals surface area (Å²) in [6, 6.07) is -1.91. The highest BCUT2D eigenvalue weighted by Crippen LogP contribution is 2.67. The Kier molecular flexibility index (Phi) is 9.49. The average molecular weight is 588 g/mol. The van der Waals surface area contributed by atoms with Gasteiger partial charge in [-0.1, -0.05) is 30.5 Å². The predicted molar refractivity (Wildman–Crippen MR) is 159 cm³/mol. The SMILES string of the molecule is C#C[C@]1(O)CC[C@@H]2[C@@H]3CCC4=C/C(=N\OCC(=O)N[C@@H](C)C(=O)N[C@@H](CCSC)C(=O)O)CC[C@]4(C)[C@@H]3CC[C@@]21C. The number of rotatable bonds is 10. The van der Waals surface area contributed by atoms with Gasteiger partial charge >= 0.3 is 5.97 Å². The number of hydrogen-bond donors (Lipinski definition) is 4. The first-order chi connectivity index (χ1) is 19.4. The Bertz CT molecular complexity index is 1150. The summed E-state index contributed by atoms with van der Waals surface area (Å²) in [5.41, 5.74) is 1.09. The van der Waals surface area contributed by atoms with Crippen LogP contribution in [0.5, 0.6) is 0 Å². The summed E-state index contributed by atoms with van der Waals surface area (Å²) in [6.45, 7) is 5.76. The Balaban J connectivity index is 1.31. The number of carboxylic acids is 1. The summed E-state index contributed by atoms with van der Waals surface area (Å²) in [7, 11) is 0. The van der Waals surface area contributed by atoms with E-state index in [1.165, 1.54) is 24.3 Å². The van der Waals surface area contributed by atoms with Gasteiger partial charge in [-0.3, -0.25) is 9.59 Å². The van der Waals surface area contributed by atoms with E-state index in [9.17, 15) is 24.6 Å². The number of nitrogens with zero attached hydrogens (tertiary/aromatic N) is 1. The Morgan fingerprint density at radius 1 is 1.17 bits per heavy atom. The molecule has 9 nitrogen and oxygen atoms in total. The van der Waals surface area contributed by atoms with Gasteiger partial charge in [-0.25, -0.2) is 4.79 Å². The molecule has 41 heavy (non-hydrogen) atoms. The number of carbonyl (C=O) groups is 3. The van der Waals surface area contributed by atoms with E-state index in [0.29, 0.717) is 36.3 Å². The molecule has 226 valence electrons. The molecule has 0 saturated heterocycles. The van der Waals surface area contributed by atoms with E-state index in [4.69, 9.17) is 11.3 Å². The zero-order valence-corrected chi connectivity index (χ0v) is 25.5. The number of oxime groups is 1. The van der Waals surface area contributed by atoms with Gasteiger partial charge in [0, 0.05) is 5.41 Å². The molecule has 0 aromatic carbocycles. The number of thioether (sulfide) groups is 1.